The van der Waals surface area contributed by atoms with E-state index >= 15 is 0 Å². The van der Waals surface area contributed by atoms with Crippen molar-refractivity contribution in [1.29, 1.82) is 0 Å². The summed E-state index contributed by atoms with van der Waals surface area (Å²) in [5.74, 6) is -0.759. The molecule has 2 aliphatic heterocycles. The molecule has 0 atom stereocenters. The molecule has 2 aromatic rings. The number of hydrogen-bond donors (Lipinski definition) is 0. The van der Waals surface area contributed by atoms with Gasteiger partial charge in [-0.25, -0.2) is 9.79 Å². The highest BCUT2D eigenvalue weighted by atomic mass is 32.1. The maximum Gasteiger partial charge on any atom is 0.365 e. The first-order valence-corrected chi connectivity index (χ1v) is 10.7. The lowest BCUT2D eigenvalue weighted by atomic mass is 10.1. The Morgan fingerprint density at radius 2 is 2.03 bits per heavy atom. The van der Waals surface area contributed by atoms with Gasteiger partial charge in [-0.15, -0.1) is 11.3 Å². The molecule has 0 saturated carbocycles. The van der Waals surface area contributed by atoms with Crippen LogP contribution in [0, 0.1) is 0 Å². The zero-order chi connectivity index (χ0) is 21.8. The first-order chi connectivity index (χ1) is 15.0. The number of hydrogen-bond acceptors (Lipinski definition) is 8. The Kier molecular flexibility index (Phi) is 6.13. The van der Waals surface area contributed by atoms with E-state index in [-0.39, 0.29) is 5.70 Å². The van der Waals surface area contributed by atoms with Crippen LogP contribution in [0.15, 0.2) is 58.7 Å². The van der Waals surface area contributed by atoms with E-state index in [4.69, 9.17) is 9.47 Å². The van der Waals surface area contributed by atoms with E-state index in [9.17, 15) is 14.4 Å². The first kappa shape index (κ1) is 20.8. The van der Waals surface area contributed by atoms with Crippen molar-refractivity contribution in [2.45, 2.75) is 6.42 Å². The second-order valence-electron chi connectivity index (χ2n) is 7.04. The molecule has 0 unspecified atom stereocenters. The second kappa shape index (κ2) is 9.13. The van der Waals surface area contributed by atoms with Crippen LogP contribution in [0.4, 0.5) is 0 Å². The fourth-order valence-electron chi connectivity index (χ4n) is 3.38. The maximum atomic E-state index is 12.7. The maximum absolute atomic E-state index is 12.7. The van der Waals surface area contributed by atoms with E-state index in [0.717, 1.165) is 4.88 Å². The zero-order valence-electron chi connectivity index (χ0n) is 16.9. The summed E-state index contributed by atoms with van der Waals surface area (Å²) in [6.07, 6.45) is 2.33. The fourth-order valence-corrected chi connectivity index (χ4v) is 4.03. The van der Waals surface area contributed by atoms with Gasteiger partial charge in [-0.05, 0) is 30.0 Å². The third-order valence-corrected chi connectivity index (χ3v) is 5.86. The van der Waals surface area contributed by atoms with Gasteiger partial charge in [-0.1, -0.05) is 18.2 Å². The van der Waals surface area contributed by atoms with Crippen LogP contribution in [0.2, 0.25) is 0 Å². The minimum atomic E-state index is -0.560. The van der Waals surface area contributed by atoms with Gasteiger partial charge in [0.05, 0.1) is 12.0 Å². The molecule has 0 spiro atoms. The SMILES string of the molecule is COc1cccc(C(=O)C(=O)N2CCCN(/C=C3\N=C(c4cccs4)OC3=O)CC2)c1. The quantitative estimate of drug-likeness (QED) is 0.308. The second-order valence-corrected chi connectivity index (χ2v) is 7.99. The number of thiophene rings is 1. The lowest BCUT2D eigenvalue weighted by molar-refractivity contribution is -0.130. The van der Waals surface area contributed by atoms with Gasteiger partial charge >= 0.3 is 5.97 Å². The van der Waals surface area contributed by atoms with Crippen molar-refractivity contribution in [3.8, 4) is 5.75 Å². The topological polar surface area (TPSA) is 88.5 Å². The third kappa shape index (κ3) is 4.66. The molecule has 1 amide bonds. The molecule has 3 heterocycles. The summed E-state index contributed by atoms with van der Waals surface area (Å²) in [6, 6.07) is 10.3. The van der Waals surface area contributed by atoms with Crippen molar-refractivity contribution >= 4 is 34.9 Å². The molecular formula is C22H21N3O5S. The minimum absolute atomic E-state index is 0.232. The number of cyclic esters (lactones) is 1. The Morgan fingerprint density at radius 1 is 1.16 bits per heavy atom. The lowest BCUT2D eigenvalue weighted by Gasteiger charge is -2.20. The number of carbonyl (C=O) groups is 3. The van der Waals surface area contributed by atoms with Gasteiger partial charge in [-0.2, -0.15) is 0 Å². The molecule has 0 N–H and O–H groups in total. The largest absolute Gasteiger partial charge is 0.497 e. The van der Waals surface area contributed by atoms with Crippen molar-refractivity contribution in [3.05, 3.63) is 64.1 Å². The van der Waals surface area contributed by atoms with Gasteiger partial charge < -0.3 is 19.3 Å². The summed E-state index contributed by atoms with van der Waals surface area (Å²) in [5.41, 5.74) is 0.535. The number of aliphatic imine (C=N–C) groups is 1. The zero-order valence-corrected chi connectivity index (χ0v) is 17.8. The molecule has 160 valence electrons. The van der Waals surface area contributed by atoms with Crippen LogP contribution in [-0.4, -0.2) is 66.6 Å². The Balaban J connectivity index is 1.41. The molecule has 9 heteroatoms. The number of esters is 1. The molecule has 31 heavy (non-hydrogen) atoms. The normalized spacial score (nSPS) is 17.9. The van der Waals surface area contributed by atoms with Crippen molar-refractivity contribution in [2.75, 3.05) is 33.3 Å². The molecule has 0 aliphatic carbocycles. The van der Waals surface area contributed by atoms with E-state index in [1.54, 1.807) is 35.4 Å². The van der Waals surface area contributed by atoms with Crippen molar-refractivity contribution in [2.24, 2.45) is 4.99 Å². The smallest absolute Gasteiger partial charge is 0.365 e. The van der Waals surface area contributed by atoms with Crippen molar-refractivity contribution in [1.82, 2.24) is 9.80 Å². The summed E-state index contributed by atoms with van der Waals surface area (Å²) in [7, 11) is 1.51. The molecule has 4 rings (SSSR count). The molecule has 1 aromatic heterocycles. The molecule has 1 saturated heterocycles. The number of benzene rings is 1. The molecule has 0 bridgehead atoms. The Hall–Kier alpha value is -3.46. The van der Waals surface area contributed by atoms with Gasteiger partial charge in [0.1, 0.15) is 5.75 Å². The average Bonchev–Trinajstić information content (AvgIpc) is 3.38. The van der Waals surface area contributed by atoms with Gasteiger partial charge in [-0.3, -0.25) is 9.59 Å². The highest BCUT2D eigenvalue weighted by molar-refractivity contribution is 7.12. The van der Waals surface area contributed by atoms with Crippen LogP contribution in [0.25, 0.3) is 0 Å². The van der Waals surface area contributed by atoms with Crippen LogP contribution >= 0.6 is 11.3 Å². The molecule has 0 radical (unpaired) electrons. The number of amides is 1. The van der Waals surface area contributed by atoms with Crippen LogP contribution in [0.5, 0.6) is 5.75 Å². The summed E-state index contributed by atoms with van der Waals surface area (Å²) in [4.78, 5) is 46.1. The van der Waals surface area contributed by atoms with Gasteiger partial charge in [0, 0.05) is 37.9 Å². The van der Waals surface area contributed by atoms with Crippen LogP contribution in [-0.2, 0) is 14.3 Å². The average molecular weight is 439 g/mol. The Bertz CT molecular complexity index is 1060. The fraction of sp³-hybridized carbons (Fsp3) is 0.273. The minimum Gasteiger partial charge on any atom is -0.497 e. The summed E-state index contributed by atoms with van der Waals surface area (Å²) < 4.78 is 10.4. The first-order valence-electron chi connectivity index (χ1n) is 9.83. The number of carbonyl (C=O) groups excluding carboxylic acids is 3. The number of nitrogens with zero attached hydrogens (tertiary/aromatic N) is 3. The Labute approximate surface area is 183 Å². The monoisotopic (exact) mass is 439 g/mol. The van der Waals surface area contributed by atoms with Crippen LogP contribution in [0.3, 0.4) is 0 Å². The number of Topliss-reactive ketones (excluding diaryl/α,β-unsaturated/α-hetero) is 1. The van der Waals surface area contributed by atoms with Crippen molar-refractivity contribution in [3.63, 3.8) is 0 Å². The summed E-state index contributed by atoms with van der Waals surface area (Å²) in [5, 5.41) is 1.89. The number of ketones is 1. The highest BCUT2D eigenvalue weighted by Crippen LogP contribution is 2.21. The van der Waals surface area contributed by atoms with Gasteiger partial charge in [0.25, 0.3) is 11.7 Å². The summed E-state index contributed by atoms with van der Waals surface area (Å²) in [6.45, 7) is 1.95. The van der Waals surface area contributed by atoms with Gasteiger partial charge in [0.15, 0.2) is 5.70 Å². The van der Waals surface area contributed by atoms with Crippen molar-refractivity contribution < 1.29 is 23.9 Å². The molecular weight excluding hydrogens is 418 g/mol. The molecule has 2 aliphatic rings. The van der Waals surface area contributed by atoms with Crippen LogP contribution in [0.1, 0.15) is 21.7 Å². The van der Waals surface area contributed by atoms with E-state index < -0.39 is 17.7 Å². The van der Waals surface area contributed by atoms with E-state index in [2.05, 4.69) is 4.99 Å². The summed E-state index contributed by atoms with van der Waals surface area (Å²) >= 11 is 1.45. The standard InChI is InChI=1S/C22H21N3O5S/c1-29-16-6-2-5-15(13-16)19(26)21(27)25-9-4-8-24(10-11-25)14-17-22(28)30-20(23-17)18-7-3-12-31-18/h2-3,5-7,12-14H,4,8-11H2,1H3/b17-14-. The van der Waals surface area contributed by atoms with Gasteiger partial charge in [0.2, 0.25) is 5.90 Å². The Morgan fingerprint density at radius 3 is 2.81 bits per heavy atom. The van der Waals surface area contributed by atoms with E-state index in [1.165, 1.54) is 18.4 Å². The number of ether oxygens (including phenoxy) is 2. The lowest BCUT2D eigenvalue weighted by Crippen LogP contribution is -2.39. The predicted molar refractivity (Wildman–Crippen MR) is 115 cm³/mol. The number of methoxy groups -OCH3 is 1. The van der Waals surface area contributed by atoms with E-state index in [1.807, 2.05) is 22.4 Å². The molecule has 1 fully saturated rings. The predicted octanol–water partition coefficient (Wildman–Crippen LogP) is 2.32. The molecule has 1 aromatic carbocycles. The third-order valence-electron chi connectivity index (χ3n) is 5.00. The number of rotatable bonds is 5. The van der Waals surface area contributed by atoms with E-state index in [0.29, 0.717) is 49.8 Å². The molecule has 8 nitrogen and oxygen atoms in total. The van der Waals surface area contributed by atoms with Crippen LogP contribution < -0.4 is 4.74 Å². The highest BCUT2D eigenvalue weighted by Gasteiger charge is 2.28.